The van der Waals surface area contributed by atoms with Gasteiger partial charge in [-0.3, -0.25) is 4.79 Å². The Kier molecular flexibility index (Phi) is 5.22. The maximum Gasteiger partial charge on any atom is 0.234 e. The lowest BCUT2D eigenvalue weighted by atomic mass is 10.2. The maximum absolute atomic E-state index is 13.0. The highest BCUT2D eigenvalue weighted by atomic mass is 32.2. The molecule has 0 fully saturated rings. The zero-order valence-corrected chi connectivity index (χ0v) is 16.5. The third-order valence-electron chi connectivity index (χ3n) is 4.32. The molecule has 148 valence electrons. The van der Waals surface area contributed by atoms with Gasteiger partial charge in [-0.25, -0.2) is 14.4 Å². The predicted octanol–water partition coefficient (Wildman–Crippen LogP) is 4.00. The summed E-state index contributed by atoms with van der Waals surface area (Å²) in [7, 11) is 3.15. The first-order valence-corrected chi connectivity index (χ1v) is 9.64. The Labute approximate surface area is 169 Å². The standard InChI is InChI=1S/C20H17FN4O3S/c1-27-15-7-13-14(8-16(15)28-2)25-19-18(13)22-10-23-20(19)29-9-17(26)24-12-5-3-11(21)4-6-12/h3-8,10,25H,9H2,1-2H3,(H,24,26). The molecule has 7 nitrogen and oxygen atoms in total. The highest BCUT2D eigenvalue weighted by Crippen LogP contribution is 2.36. The number of hydrogen-bond donors (Lipinski definition) is 2. The van der Waals surface area contributed by atoms with Crippen LogP contribution in [0.25, 0.3) is 21.9 Å². The number of carbonyl (C=O) groups excluding carboxylic acids is 1. The summed E-state index contributed by atoms with van der Waals surface area (Å²) in [6, 6.07) is 9.31. The normalized spacial score (nSPS) is 11.0. The highest BCUT2D eigenvalue weighted by molar-refractivity contribution is 8.00. The van der Waals surface area contributed by atoms with Gasteiger partial charge in [0.1, 0.15) is 22.7 Å². The number of aromatic nitrogens is 3. The van der Waals surface area contributed by atoms with Crippen molar-refractivity contribution in [3.8, 4) is 11.5 Å². The van der Waals surface area contributed by atoms with Gasteiger partial charge >= 0.3 is 0 Å². The maximum atomic E-state index is 13.0. The minimum atomic E-state index is -0.354. The summed E-state index contributed by atoms with van der Waals surface area (Å²) < 4.78 is 23.7. The molecule has 1 amide bonds. The second-order valence-electron chi connectivity index (χ2n) is 6.12. The van der Waals surface area contributed by atoms with E-state index in [1.54, 1.807) is 14.2 Å². The average Bonchev–Trinajstić information content (AvgIpc) is 3.11. The van der Waals surface area contributed by atoms with Gasteiger partial charge in [-0.2, -0.15) is 0 Å². The van der Waals surface area contributed by atoms with Crippen molar-refractivity contribution in [2.75, 3.05) is 25.3 Å². The molecule has 4 rings (SSSR count). The molecule has 0 aliphatic rings. The van der Waals surface area contributed by atoms with E-state index in [0.29, 0.717) is 22.2 Å². The summed E-state index contributed by atoms with van der Waals surface area (Å²) in [5, 5.41) is 4.26. The first kappa shape index (κ1) is 19.0. The lowest BCUT2D eigenvalue weighted by molar-refractivity contribution is -0.113. The predicted molar refractivity (Wildman–Crippen MR) is 110 cm³/mol. The largest absolute Gasteiger partial charge is 0.493 e. The molecule has 0 radical (unpaired) electrons. The molecule has 0 saturated heterocycles. The first-order valence-electron chi connectivity index (χ1n) is 8.65. The number of nitrogens with one attached hydrogen (secondary N) is 2. The Balaban J connectivity index is 1.59. The van der Waals surface area contributed by atoms with Crippen LogP contribution >= 0.6 is 11.8 Å². The molecular weight excluding hydrogens is 395 g/mol. The number of rotatable bonds is 6. The summed E-state index contributed by atoms with van der Waals surface area (Å²) in [4.78, 5) is 24.2. The smallest absolute Gasteiger partial charge is 0.234 e. The zero-order chi connectivity index (χ0) is 20.4. The second-order valence-corrected chi connectivity index (χ2v) is 7.09. The van der Waals surface area contributed by atoms with Crippen LogP contribution in [0.4, 0.5) is 10.1 Å². The highest BCUT2D eigenvalue weighted by Gasteiger charge is 2.15. The van der Waals surface area contributed by atoms with Crippen molar-refractivity contribution in [1.82, 2.24) is 15.0 Å². The van der Waals surface area contributed by atoms with E-state index < -0.39 is 0 Å². The number of H-pyrrole nitrogens is 1. The summed E-state index contributed by atoms with van der Waals surface area (Å²) in [5.74, 6) is 0.784. The van der Waals surface area contributed by atoms with Crippen molar-refractivity contribution in [2.24, 2.45) is 0 Å². The molecule has 0 aliphatic heterocycles. The van der Waals surface area contributed by atoms with E-state index in [1.165, 1.54) is 42.4 Å². The summed E-state index contributed by atoms with van der Waals surface area (Å²) >= 11 is 1.28. The summed E-state index contributed by atoms with van der Waals surface area (Å²) in [6.45, 7) is 0. The topological polar surface area (TPSA) is 89.1 Å². The van der Waals surface area contributed by atoms with E-state index in [9.17, 15) is 9.18 Å². The van der Waals surface area contributed by atoms with Crippen LogP contribution in [0, 0.1) is 5.82 Å². The number of anilines is 1. The van der Waals surface area contributed by atoms with Gasteiger partial charge in [0, 0.05) is 17.1 Å². The van der Waals surface area contributed by atoms with Crippen molar-refractivity contribution in [3.63, 3.8) is 0 Å². The van der Waals surface area contributed by atoms with Gasteiger partial charge in [-0.05, 0) is 30.3 Å². The summed E-state index contributed by atoms with van der Waals surface area (Å²) in [6.07, 6.45) is 1.46. The lowest BCUT2D eigenvalue weighted by Gasteiger charge is -2.06. The van der Waals surface area contributed by atoms with E-state index in [1.807, 2.05) is 12.1 Å². The fourth-order valence-electron chi connectivity index (χ4n) is 2.97. The monoisotopic (exact) mass is 412 g/mol. The Hall–Kier alpha value is -3.33. The third-order valence-corrected chi connectivity index (χ3v) is 5.31. The molecule has 0 saturated carbocycles. The van der Waals surface area contributed by atoms with E-state index in [4.69, 9.17) is 9.47 Å². The van der Waals surface area contributed by atoms with E-state index in [-0.39, 0.29) is 17.5 Å². The number of halogens is 1. The zero-order valence-electron chi connectivity index (χ0n) is 15.7. The number of nitrogens with zero attached hydrogens (tertiary/aromatic N) is 2. The molecule has 2 aromatic carbocycles. The van der Waals surface area contributed by atoms with E-state index >= 15 is 0 Å². The fourth-order valence-corrected chi connectivity index (χ4v) is 3.73. The number of fused-ring (bicyclic) bond motifs is 3. The van der Waals surface area contributed by atoms with Gasteiger partial charge in [-0.15, -0.1) is 0 Å². The van der Waals surface area contributed by atoms with Gasteiger partial charge in [-0.1, -0.05) is 11.8 Å². The third kappa shape index (κ3) is 3.81. The minimum Gasteiger partial charge on any atom is -0.493 e. The summed E-state index contributed by atoms with van der Waals surface area (Å²) in [5.41, 5.74) is 2.83. The van der Waals surface area contributed by atoms with E-state index in [2.05, 4.69) is 20.3 Å². The molecule has 29 heavy (non-hydrogen) atoms. The number of benzene rings is 2. The van der Waals surface area contributed by atoms with Crippen LogP contribution in [-0.4, -0.2) is 40.8 Å². The minimum absolute atomic E-state index is 0.144. The fraction of sp³-hybridized carbons (Fsp3) is 0.150. The Morgan fingerprint density at radius 2 is 1.86 bits per heavy atom. The van der Waals surface area contributed by atoms with Crippen LogP contribution in [0.5, 0.6) is 11.5 Å². The van der Waals surface area contributed by atoms with Crippen LogP contribution < -0.4 is 14.8 Å². The molecule has 0 spiro atoms. The number of hydrogen-bond acceptors (Lipinski definition) is 6. The van der Waals surface area contributed by atoms with Crippen LogP contribution in [0.3, 0.4) is 0 Å². The molecule has 9 heteroatoms. The number of carbonyl (C=O) groups is 1. The molecule has 2 N–H and O–H groups in total. The number of aromatic amines is 1. The number of ether oxygens (including phenoxy) is 2. The molecule has 2 heterocycles. The van der Waals surface area contributed by atoms with E-state index in [0.717, 1.165) is 21.9 Å². The van der Waals surface area contributed by atoms with Crippen LogP contribution in [-0.2, 0) is 4.79 Å². The Morgan fingerprint density at radius 1 is 1.14 bits per heavy atom. The van der Waals surface area contributed by atoms with Gasteiger partial charge in [0.15, 0.2) is 11.5 Å². The van der Waals surface area contributed by atoms with Crippen LogP contribution in [0.1, 0.15) is 0 Å². The molecule has 0 atom stereocenters. The SMILES string of the molecule is COc1cc2[nH]c3c(SCC(=O)Nc4ccc(F)cc4)ncnc3c2cc1OC. The number of methoxy groups -OCH3 is 2. The second kappa shape index (κ2) is 7.96. The molecule has 0 aliphatic carbocycles. The quantitative estimate of drug-likeness (QED) is 0.368. The van der Waals surface area contributed by atoms with Crippen molar-refractivity contribution >= 4 is 45.3 Å². The van der Waals surface area contributed by atoms with Crippen molar-refractivity contribution in [2.45, 2.75) is 5.03 Å². The molecular formula is C20H17FN4O3S. The first-order chi connectivity index (χ1) is 14.1. The molecule has 0 bridgehead atoms. The van der Waals surface area contributed by atoms with Crippen LogP contribution in [0.2, 0.25) is 0 Å². The van der Waals surface area contributed by atoms with Crippen molar-refractivity contribution in [1.29, 1.82) is 0 Å². The van der Waals surface area contributed by atoms with Gasteiger partial charge in [0.05, 0.1) is 31.0 Å². The molecule has 4 aromatic rings. The molecule has 2 aromatic heterocycles. The lowest BCUT2D eigenvalue weighted by Crippen LogP contribution is -2.14. The number of amides is 1. The van der Waals surface area contributed by atoms with Crippen molar-refractivity contribution in [3.05, 3.63) is 48.5 Å². The number of thioether (sulfide) groups is 1. The average molecular weight is 412 g/mol. The Bertz CT molecular complexity index is 1190. The van der Waals surface area contributed by atoms with Gasteiger partial charge < -0.3 is 19.8 Å². The molecule has 0 unspecified atom stereocenters. The van der Waals surface area contributed by atoms with Gasteiger partial charge in [0.25, 0.3) is 0 Å². The Morgan fingerprint density at radius 3 is 2.59 bits per heavy atom. The van der Waals surface area contributed by atoms with Crippen LogP contribution in [0.15, 0.2) is 47.8 Å². The van der Waals surface area contributed by atoms with Crippen molar-refractivity contribution < 1.29 is 18.7 Å². The van der Waals surface area contributed by atoms with Gasteiger partial charge in [0.2, 0.25) is 5.91 Å².